The van der Waals surface area contributed by atoms with Gasteiger partial charge in [-0.1, -0.05) is 339 Å². The highest BCUT2D eigenvalue weighted by Crippen LogP contribution is 2.24. The maximum Gasteiger partial charge on any atom is 0.305 e. The van der Waals surface area contributed by atoms with Crippen LogP contribution in [0, 0.1) is 0 Å². The second kappa shape index (κ2) is 69.2. The molecule has 1 aliphatic heterocycles. The first kappa shape index (κ1) is 86.9. The Hall–Kier alpha value is -2.12. The molecule has 1 heterocycles. The number of rotatable bonds is 71. The lowest BCUT2D eigenvalue weighted by Gasteiger charge is -2.40. The molecule has 1 rings (SSSR count). The van der Waals surface area contributed by atoms with Crippen LogP contribution in [0.2, 0.25) is 0 Å². The molecule has 0 aromatic rings. The van der Waals surface area contributed by atoms with Crippen LogP contribution in [-0.4, -0.2) is 100 Å². The number of carbonyl (C=O) groups excluding carboxylic acids is 2. The molecular weight excluding hydrogens is 1130 g/mol. The molecule has 11 heteroatoms. The SMILES string of the molecule is CCCCCCCC/C=C\CCCCCCCCCCCC(=O)OCCCCCCCCCCCCCCCC/C=C\CCCCCCCCCCCCCCCCCCCC(=O)NC(COC1OC(CO)C(O)C(O)C1O)C(O)/C=C/CCCCCCCCC. The molecule has 0 spiro atoms. The Morgan fingerprint density at radius 1 is 0.396 bits per heavy atom. The second-order valence-corrected chi connectivity index (χ2v) is 27.8. The number of unbranched alkanes of at least 4 members (excludes halogenated alkanes) is 53. The van der Waals surface area contributed by atoms with Crippen molar-refractivity contribution in [2.24, 2.45) is 0 Å². The molecule has 1 aliphatic rings. The summed E-state index contributed by atoms with van der Waals surface area (Å²) in [5.41, 5.74) is 0. The highest BCUT2D eigenvalue weighted by atomic mass is 16.7. The van der Waals surface area contributed by atoms with Gasteiger partial charge < -0.3 is 45.1 Å². The van der Waals surface area contributed by atoms with E-state index in [0.29, 0.717) is 19.4 Å². The molecule has 0 aromatic heterocycles. The molecule has 7 unspecified atom stereocenters. The summed E-state index contributed by atoms with van der Waals surface area (Å²) < 4.78 is 16.8. The van der Waals surface area contributed by atoms with Crippen LogP contribution in [0.1, 0.15) is 399 Å². The van der Waals surface area contributed by atoms with E-state index in [4.69, 9.17) is 14.2 Å². The summed E-state index contributed by atoms with van der Waals surface area (Å²) in [5.74, 6) is -0.165. The minimum absolute atomic E-state index is 0.0137. The van der Waals surface area contributed by atoms with E-state index in [9.17, 15) is 35.1 Å². The third kappa shape index (κ3) is 57.8. The summed E-state index contributed by atoms with van der Waals surface area (Å²) in [5, 5.41) is 54.3. The van der Waals surface area contributed by atoms with Gasteiger partial charge in [0.15, 0.2) is 6.29 Å². The number of esters is 1. The van der Waals surface area contributed by atoms with Crippen molar-refractivity contribution in [3.63, 3.8) is 0 Å². The summed E-state index contributed by atoms with van der Waals surface area (Å²) in [7, 11) is 0. The predicted octanol–water partition coefficient (Wildman–Crippen LogP) is 21.3. The first-order valence-corrected chi connectivity index (χ1v) is 39.8. The standard InChI is InChI=1S/C80H151NO10/c1-3-5-7-9-11-13-14-15-16-17-35-39-42-45-48-52-56-60-64-68-76(85)89-69-65-61-57-53-49-46-43-40-37-34-32-30-28-26-24-22-20-18-19-21-23-25-27-29-31-33-36-38-41-44-47-51-55-59-63-67-75(84)81-72(73(83)66-62-58-54-50-12-10-8-6-4-2)71-90-80-79(88)78(87)77(86)74(70-82)91-80/h15-16,20,22,62,66,72-74,77-80,82-83,86-88H,3-14,17-19,21,23-61,63-65,67-71H2,1-2H3,(H,81,84)/b16-15-,22-20-,66-62+. The molecular formula is C80H151NO10. The van der Waals surface area contributed by atoms with E-state index >= 15 is 0 Å². The lowest BCUT2D eigenvalue weighted by atomic mass is 9.99. The van der Waals surface area contributed by atoms with E-state index < -0.39 is 49.5 Å². The van der Waals surface area contributed by atoms with Gasteiger partial charge in [0.2, 0.25) is 5.91 Å². The molecule has 1 fully saturated rings. The first-order chi connectivity index (χ1) is 44.7. The number of aliphatic hydroxyl groups excluding tert-OH is 5. The van der Waals surface area contributed by atoms with Gasteiger partial charge in [-0.15, -0.1) is 0 Å². The van der Waals surface area contributed by atoms with Gasteiger partial charge in [0.1, 0.15) is 24.4 Å². The number of carbonyl (C=O) groups is 2. The van der Waals surface area contributed by atoms with Gasteiger partial charge in [0.25, 0.3) is 0 Å². The molecule has 7 atom stereocenters. The quantitative estimate of drug-likeness (QED) is 0.0195. The lowest BCUT2D eigenvalue weighted by molar-refractivity contribution is -0.302. The van der Waals surface area contributed by atoms with Gasteiger partial charge in [0.05, 0.1) is 32.0 Å². The van der Waals surface area contributed by atoms with Crippen molar-refractivity contribution < 1.29 is 49.3 Å². The molecule has 0 radical (unpaired) electrons. The summed E-state index contributed by atoms with van der Waals surface area (Å²) in [6.07, 6.45) is 80.5. The Morgan fingerprint density at radius 3 is 1.05 bits per heavy atom. The van der Waals surface area contributed by atoms with Crippen molar-refractivity contribution in [3.05, 3.63) is 36.5 Å². The average Bonchev–Trinajstić information content (AvgIpc) is 1.27. The molecule has 91 heavy (non-hydrogen) atoms. The highest BCUT2D eigenvalue weighted by molar-refractivity contribution is 5.76. The summed E-state index contributed by atoms with van der Waals surface area (Å²) in [6.45, 7) is 4.36. The molecule has 536 valence electrons. The van der Waals surface area contributed by atoms with Crippen LogP contribution in [0.3, 0.4) is 0 Å². The van der Waals surface area contributed by atoms with E-state index in [2.05, 4.69) is 43.5 Å². The molecule has 6 N–H and O–H groups in total. The van der Waals surface area contributed by atoms with E-state index in [1.54, 1.807) is 6.08 Å². The highest BCUT2D eigenvalue weighted by Gasteiger charge is 2.44. The van der Waals surface area contributed by atoms with Gasteiger partial charge in [-0.05, 0) is 83.5 Å². The predicted molar refractivity (Wildman–Crippen MR) is 384 cm³/mol. The van der Waals surface area contributed by atoms with Crippen LogP contribution in [0.5, 0.6) is 0 Å². The maximum atomic E-state index is 13.0. The zero-order valence-electron chi connectivity index (χ0n) is 59.8. The monoisotopic (exact) mass is 1290 g/mol. The van der Waals surface area contributed by atoms with E-state index in [-0.39, 0.29) is 18.5 Å². The summed E-state index contributed by atoms with van der Waals surface area (Å²) >= 11 is 0. The van der Waals surface area contributed by atoms with Gasteiger partial charge in [-0.25, -0.2) is 0 Å². The van der Waals surface area contributed by atoms with Crippen LogP contribution in [0.25, 0.3) is 0 Å². The van der Waals surface area contributed by atoms with Crippen LogP contribution < -0.4 is 5.32 Å². The number of nitrogens with one attached hydrogen (secondary N) is 1. The summed E-state index contributed by atoms with van der Waals surface area (Å²) in [4.78, 5) is 25.2. The number of hydrogen-bond donors (Lipinski definition) is 6. The fourth-order valence-electron chi connectivity index (χ4n) is 12.7. The zero-order chi connectivity index (χ0) is 65.8. The molecule has 0 aromatic carbocycles. The average molecular weight is 1290 g/mol. The fraction of sp³-hybridized carbons (Fsp3) is 0.900. The Labute approximate surface area is 562 Å². The zero-order valence-corrected chi connectivity index (χ0v) is 59.8. The number of ether oxygens (including phenoxy) is 3. The van der Waals surface area contributed by atoms with Crippen molar-refractivity contribution in [2.45, 2.75) is 442 Å². The fourth-order valence-corrected chi connectivity index (χ4v) is 12.7. The Bertz CT molecular complexity index is 1610. The van der Waals surface area contributed by atoms with Crippen molar-refractivity contribution in [3.8, 4) is 0 Å². The number of hydrogen-bond acceptors (Lipinski definition) is 10. The molecule has 0 aliphatic carbocycles. The van der Waals surface area contributed by atoms with Crippen molar-refractivity contribution >= 4 is 11.9 Å². The Kier molecular flexibility index (Phi) is 66.1. The van der Waals surface area contributed by atoms with Crippen molar-refractivity contribution in [1.29, 1.82) is 0 Å². The van der Waals surface area contributed by atoms with Crippen LogP contribution in [0.4, 0.5) is 0 Å². The maximum absolute atomic E-state index is 13.0. The van der Waals surface area contributed by atoms with Crippen LogP contribution in [-0.2, 0) is 23.8 Å². The topological polar surface area (TPSA) is 175 Å². The second-order valence-electron chi connectivity index (χ2n) is 27.8. The largest absolute Gasteiger partial charge is 0.466 e. The normalized spacial score (nSPS) is 17.7. The smallest absolute Gasteiger partial charge is 0.305 e. The van der Waals surface area contributed by atoms with Gasteiger partial charge >= 0.3 is 5.97 Å². The first-order valence-electron chi connectivity index (χ1n) is 39.8. The van der Waals surface area contributed by atoms with Crippen molar-refractivity contribution in [1.82, 2.24) is 5.32 Å². The van der Waals surface area contributed by atoms with E-state index in [1.165, 1.54) is 315 Å². The summed E-state index contributed by atoms with van der Waals surface area (Å²) in [6, 6.07) is -0.806. The minimum Gasteiger partial charge on any atom is -0.466 e. The lowest BCUT2D eigenvalue weighted by Crippen LogP contribution is -2.60. The number of allylic oxidation sites excluding steroid dienone is 5. The third-order valence-electron chi connectivity index (χ3n) is 19.0. The number of aliphatic hydroxyl groups is 5. The molecule has 11 nitrogen and oxygen atoms in total. The van der Waals surface area contributed by atoms with Gasteiger partial charge in [-0.2, -0.15) is 0 Å². The van der Waals surface area contributed by atoms with Gasteiger partial charge in [0, 0.05) is 12.8 Å². The van der Waals surface area contributed by atoms with Crippen LogP contribution >= 0.6 is 0 Å². The van der Waals surface area contributed by atoms with E-state index in [0.717, 1.165) is 57.8 Å². The Morgan fingerprint density at radius 2 is 0.703 bits per heavy atom. The Balaban J connectivity index is 1.85. The molecule has 0 bridgehead atoms. The van der Waals surface area contributed by atoms with Crippen molar-refractivity contribution in [2.75, 3.05) is 19.8 Å². The molecule has 1 amide bonds. The molecule has 1 saturated heterocycles. The minimum atomic E-state index is -1.57. The number of amides is 1. The molecule has 0 saturated carbocycles. The third-order valence-corrected chi connectivity index (χ3v) is 19.0. The van der Waals surface area contributed by atoms with E-state index in [1.807, 2.05) is 6.08 Å². The van der Waals surface area contributed by atoms with Gasteiger partial charge in [-0.3, -0.25) is 9.59 Å². The van der Waals surface area contributed by atoms with Crippen LogP contribution in [0.15, 0.2) is 36.5 Å².